The molecule has 4 heteroatoms. The molecule has 0 fully saturated rings. The molecular weight excluding hydrogens is 190 g/mol. The highest BCUT2D eigenvalue weighted by Gasteiger charge is 2.10. The van der Waals surface area contributed by atoms with Gasteiger partial charge < -0.3 is 9.47 Å². The number of ether oxygens (including phenoxy) is 2. The van der Waals surface area contributed by atoms with Crippen LogP contribution in [0.25, 0.3) is 0 Å². The van der Waals surface area contributed by atoms with Crippen LogP contribution in [0.5, 0.6) is 11.5 Å². The average Bonchev–Trinajstić information content (AvgIpc) is 2.09. The van der Waals surface area contributed by atoms with Gasteiger partial charge in [-0.3, -0.25) is 0 Å². The molecule has 2 nitrogen and oxygen atoms in total. The van der Waals surface area contributed by atoms with Crippen LogP contribution in [0.2, 0.25) is 0 Å². The van der Waals surface area contributed by atoms with Crippen LogP contribution in [0, 0.1) is 6.92 Å². The lowest BCUT2D eigenvalue weighted by Crippen LogP contribution is -2.04. The fraction of sp³-hybridized carbons (Fsp3) is 0.300. The van der Waals surface area contributed by atoms with Gasteiger partial charge in [-0.1, -0.05) is 6.07 Å². The Morgan fingerprint density at radius 1 is 1.36 bits per heavy atom. The quantitative estimate of drug-likeness (QED) is 0.745. The van der Waals surface area contributed by atoms with Crippen molar-refractivity contribution >= 4 is 0 Å². The third-order valence-corrected chi connectivity index (χ3v) is 1.52. The molecule has 1 aromatic rings. The Morgan fingerprint density at radius 2 is 2.07 bits per heavy atom. The molecule has 0 saturated heterocycles. The summed E-state index contributed by atoms with van der Waals surface area (Å²) in [5.41, 5.74) is 0.690. The van der Waals surface area contributed by atoms with Crippen LogP contribution < -0.4 is 9.47 Å². The summed E-state index contributed by atoms with van der Waals surface area (Å²) in [6.07, 6.45) is 0. The third-order valence-electron chi connectivity index (χ3n) is 1.52. The zero-order valence-electron chi connectivity index (χ0n) is 7.80. The van der Waals surface area contributed by atoms with E-state index in [1.54, 1.807) is 19.1 Å². The van der Waals surface area contributed by atoms with Crippen LogP contribution in [-0.4, -0.2) is 13.2 Å². The van der Waals surface area contributed by atoms with E-state index in [0.29, 0.717) is 17.9 Å². The fourth-order valence-electron chi connectivity index (χ4n) is 1.01. The minimum atomic E-state index is -2.84. The van der Waals surface area contributed by atoms with Crippen LogP contribution in [0.15, 0.2) is 18.2 Å². The van der Waals surface area contributed by atoms with E-state index in [4.69, 9.17) is 4.74 Å². The Hall–Kier alpha value is -1.32. The summed E-state index contributed by atoms with van der Waals surface area (Å²) >= 11 is 0. The summed E-state index contributed by atoms with van der Waals surface area (Å²) in [5.74, 6) is 0.328. The number of rotatable bonds is 4. The van der Waals surface area contributed by atoms with E-state index in [1.165, 1.54) is 6.07 Å². The van der Waals surface area contributed by atoms with Crippen LogP contribution in [0.1, 0.15) is 12.5 Å². The monoisotopic (exact) mass is 201 g/mol. The number of benzene rings is 1. The molecule has 14 heavy (non-hydrogen) atoms. The summed E-state index contributed by atoms with van der Waals surface area (Å²) < 4.78 is 33.3. The Morgan fingerprint density at radius 3 is 2.64 bits per heavy atom. The topological polar surface area (TPSA) is 18.5 Å². The van der Waals surface area contributed by atoms with Gasteiger partial charge in [0.25, 0.3) is 0 Å². The van der Waals surface area contributed by atoms with E-state index >= 15 is 0 Å². The molecule has 0 N–H and O–H groups in total. The molecule has 0 unspecified atom stereocenters. The van der Waals surface area contributed by atoms with E-state index in [0.717, 1.165) is 0 Å². The third kappa shape index (κ3) is 2.87. The summed E-state index contributed by atoms with van der Waals surface area (Å²) in [4.78, 5) is 0. The molecule has 1 rings (SSSR count). The van der Waals surface area contributed by atoms with Gasteiger partial charge in [-0.05, 0) is 31.5 Å². The average molecular weight is 201 g/mol. The molecule has 0 spiro atoms. The number of alkyl halides is 2. The first kappa shape index (κ1) is 10.8. The molecule has 0 aromatic heterocycles. The number of halogens is 2. The molecule has 1 aromatic carbocycles. The van der Waals surface area contributed by atoms with Crippen molar-refractivity contribution in [1.29, 1.82) is 0 Å². The predicted molar refractivity (Wildman–Crippen MR) is 48.7 cm³/mol. The molecular formula is C10H11F2O2. The predicted octanol–water partition coefficient (Wildman–Crippen LogP) is 2.87. The van der Waals surface area contributed by atoms with Gasteiger partial charge in [0, 0.05) is 0 Å². The van der Waals surface area contributed by atoms with Crippen molar-refractivity contribution in [2.24, 2.45) is 0 Å². The van der Waals surface area contributed by atoms with Crippen molar-refractivity contribution in [1.82, 2.24) is 0 Å². The zero-order valence-corrected chi connectivity index (χ0v) is 7.80. The van der Waals surface area contributed by atoms with Crippen molar-refractivity contribution < 1.29 is 18.3 Å². The van der Waals surface area contributed by atoms with Gasteiger partial charge in [-0.25, -0.2) is 0 Å². The highest BCUT2D eigenvalue weighted by molar-refractivity contribution is 5.43. The second-order valence-electron chi connectivity index (χ2n) is 2.59. The molecule has 0 aliphatic carbocycles. The van der Waals surface area contributed by atoms with Gasteiger partial charge in [0.2, 0.25) is 0 Å². The Balaban J connectivity index is 2.89. The first-order chi connectivity index (χ1) is 6.63. The molecule has 0 atom stereocenters. The summed E-state index contributed by atoms with van der Waals surface area (Å²) in [7, 11) is 0. The summed E-state index contributed by atoms with van der Waals surface area (Å²) in [6.45, 7) is 2.98. The molecule has 0 bridgehead atoms. The first-order valence-electron chi connectivity index (χ1n) is 4.17. The molecule has 0 heterocycles. The maximum absolute atomic E-state index is 11.9. The molecule has 0 amide bonds. The largest absolute Gasteiger partial charge is 0.490 e. The van der Waals surface area contributed by atoms with Crippen LogP contribution in [0.4, 0.5) is 8.78 Å². The van der Waals surface area contributed by atoms with Crippen LogP contribution >= 0.6 is 0 Å². The van der Waals surface area contributed by atoms with Gasteiger partial charge in [0.1, 0.15) is 0 Å². The lowest BCUT2D eigenvalue weighted by atomic mass is 10.2. The van der Waals surface area contributed by atoms with Gasteiger partial charge >= 0.3 is 6.61 Å². The molecule has 0 aliphatic heterocycles. The summed E-state index contributed by atoms with van der Waals surface area (Å²) in [6, 6.07) is 4.56. The van der Waals surface area contributed by atoms with Crippen molar-refractivity contribution in [3.05, 3.63) is 30.7 Å². The first-order valence-corrected chi connectivity index (χ1v) is 4.17. The van der Waals surface area contributed by atoms with E-state index in [9.17, 15) is 8.78 Å². The fourth-order valence-corrected chi connectivity index (χ4v) is 1.01. The smallest absolute Gasteiger partial charge is 0.387 e. The van der Waals surface area contributed by atoms with E-state index in [2.05, 4.69) is 11.7 Å². The molecule has 0 saturated carbocycles. The maximum atomic E-state index is 11.9. The minimum Gasteiger partial charge on any atom is -0.490 e. The van der Waals surface area contributed by atoms with Gasteiger partial charge in [-0.2, -0.15) is 8.78 Å². The van der Waals surface area contributed by atoms with Gasteiger partial charge in [0.05, 0.1) is 6.61 Å². The Bertz CT molecular complexity index is 300. The van der Waals surface area contributed by atoms with Gasteiger partial charge in [0.15, 0.2) is 11.5 Å². The Labute approximate surface area is 81.4 Å². The second-order valence-corrected chi connectivity index (χ2v) is 2.59. The van der Waals surface area contributed by atoms with Gasteiger partial charge in [-0.15, -0.1) is 0 Å². The number of hydrogen-bond donors (Lipinski definition) is 0. The molecule has 1 radical (unpaired) electrons. The number of hydrogen-bond acceptors (Lipinski definition) is 2. The lowest BCUT2D eigenvalue weighted by Gasteiger charge is -2.11. The van der Waals surface area contributed by atoms with Crippen molar-refractivity contribution in [3.63, 3.8) is 0 Å². The zero-order chi connectivity index (χ0) is 10.6. The SMILES string of the molecule is [CH2]c1ccc(OC(F)F)c(OCC)c1. The van der Waals surface area contributed by atoms with E-state index in [1.807, 2.05) is 0 Å². The minimum absolute atomic E-state index is 0.0363. The highest BCUT2D eigenvalue weighted by Crippen LogP contribution is 2.29. The normalized spacial score (nSPS) is 10.4. The van der Waals surface area contributed by atoms with Crippen molar-refractivity contribution in [2.75, 3.05) is 6.61 Å². The van der Waals surface area contributed by atoms with Crippen molar-refractivity contribution in [2.45, 2.75) is 13.5 Å². The van der Waals surface area contributed by atoms with Crippen LogP contribution in [0.3, 0.4) is 0 Å². The molecule has 0 aliphatic rings. The second kappa shape index (κ2) is 4.79. The summed E-state index contributed by atoms with van der Waals surface area (Å²) in [5, 5.41) is 0. The van der Waals surface area contributed by atoms with E-state index < -0.39 is 6.61 Å². The standard InChI is InChI=1S/C10H11F2O2/c1-3-13-9-6-7(2)4-5-8(9)14-10(11)12/h4-6,10H,2-3H2,1H3. The Kier molecular flexibility index (Phi) is 3.68. The van der Waals surface area contributed by atoms with Crippen molar-refractivity contribution in [3.8, 4) is 11.5 Å². The highest BCUT2D eigenvalue weighted by atomic mass is 19.3. The maximum Gasteiger partial charge on any atom is 0.387 e. The van der Waals surface area contributed by atoms with Crippen LogP contribution in [-0.2, 0) is 0 Å². The molecule has 77 valence electrons. The lowest BCUT2D eigenvalue weighted by molar-refractivity contribution is -0.0514. The van der Waals surface area contributed by atoms with E-state index in [-0.39, 0.29) is 5.75 Å².